The summed E-state index contributed by atoms with van der Waals surface area (Å²) in [6.07, 6.45) is 0.797. The Balaban J connectivity index is 2.51. The number of hydrogen-bond donors (Lipinski definition) is 2. The van der Waals surface area contributed by atoms with Crippen LogP contribution in [0.25, 0.3) is 0 Å². The lowest BCUT2D eigenvalue weighted by molar-refractivity contribution is -0.118. The van der Waals surface area contributed by atoms with Gasteiger partial charge in [-0.3, -0.25) is 18.7 Å². The summed E-state index contributed by atoms with van der Waals surface area (Å²) in [5.74, 6) is -0.0523. The van der Waals surface area contributed by atoms with Crippen LogP contribution < -0.4 is 21.3 Å². The summed E-state index contributed by atoms with van der Waals surface area (Å²) in [6, 6.07) is 6.87. The first-order valence-corrected chi connectivity index (χ1v) is 10.5. The Morgan fingerprint density at radius 3 is 2.43 bits per heavy atom. The number of rotatable bonds is 8. The Labute approximate surface area is 178 Å². The fourth-order valence-electron chi connectivity index (χ4n) is 2.53. The summed E-state index contributed by atoms with van der Waals surface area (Å²) >= 11 is 1.01. The number of amides is 1. The molecule has 0 saturated heterocycles. The molecule has 2 aromatic rings. The highest BCUT2D eigenvalue weighted by Gasteiger charge is 2.21. The van der Waals surface area contributed by atoms with E-state index in [9.17, 15) is 19.5 Å². The zero-order chi connectivity index (χ0) is 22.3. The average Bonchev–Trinajstić information content (AvgIpc) is 2.74. The smallest absolute Gasteiger partial charge is 0.333 e. The Bertz CT molecular complexity index is 1040. The van der Waals surface area contributed by atoms with Gasteiger partial charge in [0.15, 0.2) is 0 Å². The van der Waals surface area contributed by atoms with Crippen molar-refractivity contribution in [1.82, 2.24) is 14.5 Å². The number of thioether (sulfide) groups is 1. The Kier molecular flexibility index (Phi) is 8.28. The van der Waals surface area contributed by atoms with Gasteiger partial charge < -0.3 is 15.2 Å². The maximum absolute atomic E-state index is 12.7. The number of carbonyl (C=O) groups is 1. The van der Waals surface area contributed by atoms with Crippen LogP contribution in [0.15, 0.2) is 38.8 Å². The largest absolute Gasteiger partial charge is 0.494 e. The van der Waals surface area contributed by atoms with E-state index < -0.39 is 17.1 Å². The number of aliphatic imine (C=N–C) groups is 1. The molecule has 1 aromatic heterocycles. The van der Waals surface area contributed by atoms with E-state index in [1.165, 1.54) is 14.1 Å². The summed E-state index contributed by atoms with van der Waals surface area (Å²) in [5.41, 5.74) is -0.985. The molecule has 0 spiro atoms. The third-order valence-corrected chi connectivity index (χ3v) is 5.11. The van der Waals surface area contributed by atoms with Gasteiger partial charge in [0.05, 0.1) is 18.0 Å². The highest BCUT2D eigenvalue weighted by molar-refractivity contribution is 8.15. The molecule has 2 N–H and O–H groups in total. The lowest BCUT2D eigenvalue weighted by Crippen LogP contribution is -2.39. The van der Waals surface area contributed by atoms with Crippen LogP contribution in [0.5, 0.6) is 11.6 Å². The number of nitrogens with zero attached hydrogens (tertiary/aromatic N) is 3. The third-order valence-electron chi connectivity index (χ3n) is 4.14. The van der Waals surface area contributed by atoms with Crippen LogP contribution in [0, 0.1) is 0 Å². The highest BCUT2D eigenvalue weighted by Crippen LogP contribution is 2.24. The quantitative estimate of drug-likeness (QED) is 0.481. The first kappa shape index (κ1) is 23.3. The molecule has 0 atom stereocenters. The number of aromatic nitrogens is 2. The maximum atomic E-state index is 12.7. The zero-order valence-corrected chi connectivity index (χ0v) is 18.3. The van der Waals surface area contributed by atoms with E-state index in [1.807, 2.05) is 13.8 Å². The summed E-state index contributed by atoms with van der Waals surface area (Å²) in [5, 5.41) is 13.4. The predicted octanol–water partition coefficient (Wildman–Crippen LogP) is 1.53. The van der Waals surface area contributed by atoms with Crippen LogP contribution in [-0.4, -0.2) is 44.1 Å². The molecule has 0 aliphatic rings. The fourth-order valence-corrected chi connectivity index (χ4v) is 3.39. The van der Waals surface area contributed by atoms with Gasteiger partial charge in [-0.2, -0.15) is 0 Å². The molecular formula is C20H26N4O5S. The molecule has 0 aliphatic carbocycles. The second-order valence-corrected chi connectivity index (χ2v) is 7.35. The molecule has 0 unspecified atom stereocenters. The van der Waals surface area contributed by atoms with Gasteiger partial charge in [0.25, 0.3) is 5.56 Å². The van der Waals surface area contributed by atoms with E-state index >= 15 is 0 Å². The van der Waals surface area contributed by atoms with Crippen molar-refractivity contribution in [1.29, 1.82) is 0 Å². The summed E-state index contributed by atoms with van der Waals surface area (Å²) < 4.78 is 7.26. The Morgan fingerprint density at radius 1 is 1.17 bits per heavy atom. The molecule has 30 heavy (non-hydrogen) atoms. The lowest BCUT2D eigenvalue weighted by atomic mass is 10.3. The van der Waals surface area contributed by atoms with E-state index in [0.29, 0.717) is 24.6 Å². The first-order valence-electron chi connectivity index (χ1n) is 9.50. The monoisotopic (exact) mass is 434 g/mol. The second-order valence-electron chi connectivity index (χ2n) is 6.39. The van der Waals surface area contributed by atoms with Crippen LogP contribution in [-0.2, 0) is 18.9 Å². The van der Waals surface area contributed by atoms with Crippen molar-refractivity contribution in [3.63, 3.8) is 0 Å². The molecule has 0 aliphatic heterocycles. The van der Waals surface area contributed by atoms with Gasteiger partial charge in [0.1, 0.15) is 16.4 Å². The molecule has 0 saturated carbocycles. The average molecular weight is 435 g/mol. The minimum absolute atomic E-state index is 0.00129. The van der Waals surface area contributed by atoms with Crippen molar-refractivity contribution >= 4 is 28.4 Å². The van der Waals surface area contributed by atoms with Crippen LogP contribution in [0.2, 0.25) is 0 Å². The molecule has 162 valence electrons. The molecule has 1 heterocycles. The van der Waals surface area contributed by atoms with Crippen molar-refractivity contribution in [3.05, 3.63) is 50.7 Å². The van der Waals surface area contributed by atoms with Crippen LogP contribution in [0.3, 0.4) is 0 Å². The molecule has 1 amide bonds. The van der Waals surface area contributed by atoms with Crippen molar-refractivity contribution in [2.75, 3.05) is 18.9 Å². The zero-order valence-electron chi connectivity index (χ0n) is 17.5. The van der Waals surface area contributed by atoms with Crippen molar-refractivity contribution in [2.24, 2.45) is 19.1 Å². The van der Waals surface area contributed by atoms with E-state index in [1.54, 1.807) is 24.3 Å². The van der Waals surface area contributed by atoms with Crippen molar-refractivity contribution in [3.8, 4) is 11.6 Å². The van der Waals surface area contributed by atoms with Crippen molar-refractivity contribution < 1.29 is 14.6 Å². The van der Waals surface area contributed by atoms with Crippen LogP contribution >= 0.6 is 11.8 Å². The van der Waals surface area contributed by atoms with Crippen LogP contribution in [0.4, 0.5) is 5.69 Å². The molecule has 10 heteroatoms. The Morgan fingerprint density at radius 2 is 1.83 bits per heavy atom. The lowest BCUT2D eigenvalue weighted by Gasteiger charge is -2.12. The van der Waals surface area contributed by atoms with Crippen molar-refractivity contribution in [2.45, 2.75) is 20.3 Å². The van der Waals surface area contributed by atoms with Gasteiger partial charge in [-0.05, 0) is 37.6 Å². The first-order chi connectivity index (χ1) is 14.3. The van der Waals surface area contributed by atoms with Gasteiger partial charge in [0.2, 0.25) is 11.8 Å². The van der Waals surface area contributed by atoms with Crippen LogP contribution in [0.1, 0.15) is 25.8 Å². The van der Waals surface area contributed by atoms with E-state index in [2.05, 4.69) is 10.3 Å². The molecule has 9 nitrogen and oxygen atoms in total. The standard InChI is InChI=1S/C20H26N4O5S/c1-5-11-21-15(25)12-30-17(22-13-7-9-14(10-8-13)29-6-2)16-18(26)23(3)20(28)24(4)19(16)27/h7-10,26H,5-6,11-12H2,1-4H3,(H,21,25). The SMILES string of the molecule is CCCNC(=O)CSC(=Nc1ccc(OCC)cc1)c1c(O)n(C)c(=O)n(C)c1=O. The number of hydrogen-bond acceptors (Lipinski definition) is 7. The molecule has 0 radical (unpaired) electrons. The fraction of sp³-hybridized carbons (Fsp3) is 0.400. The number of benzene rings is 1. The molecular weight excluding hydrogens is 408 g/mol. The summed E-state index contributed by atoms with van der Waals surface area (Å²) in [4.78, 5) is 41.3. The Hall–Kier alpha value is -3.01. The van der Waals surface area contributed by atoms with E-state index in [0.717, 1.165) is 27.3 Å². The number of carbonyl (C=O) groups excluding carboxylic acids is 1. The van der Waals surface area contributed by atoms with Gasteiger partial charge in [-0.15, -0.1) is 0 Å². The van der Waals surface area contributed by atoms with Gasteiger partial charge in [-0.1, -0.05) is 18.7 Å². The van der Waals surface area contributed by atoms with E-state index in [-0.39, 0.29) is 22.3 Å². The third kappa shape index (κ3) is 5.53. The number of ether oxygens (including phenoxy) is 1. The molecule has 0 bridgehead atoms. The summed E-state index contributed by atoms with van der Waals surface area (Å²) in [6.45, 7) is 4.89. The summed E-state index contributed by atoms with van der Waals surface area (Å²) in [7, 11) is 2.68. The topological polar surface area (TPSA) is 115 Å². The maximum Gasteiger partial charge on any atom is 0.333 e. The number of aromatic hydroxyl groups is 1. The van der Waals surface area contributed by atoms with Gasteiger partial charge >= 0.3 is 5.69 Å². The van der Waals surface area contributed by atoms with E-state index in [4.69, 9.17) is 4.74 Å². The minimum atomic E-state index is -0.693. The van der Waals surface area contributed by atoms with Gasteiger partial charge in [0, 0.05) is 20.6 Å². The second kappa shape index (κ2) is 10.7. The minimum Gasteiger partial charge on any atom is -0.494 e. The highest BCUT2D eigenvalue weighted by atomic mass is 32.2. The predicted molar refractivity (Wildman–Crippen MR) is 118 cm³/mol. The number of nitrogens with one attached hydrogen (secondary N) is 1. The molecule has 1 aromatic carbocycles. The van der Waals surface area contributed by atoms with Gasteiger partial charge in [-0.25, -0.2) is 9.79 Å². The molecule has 2 rings (SSSR count). The molecule has 0 fully saturated rings. The normalized spacial score (nSPS) is 11.4.